The lowest BCUT2D eigenvalue weighted by Gasteiger charge is -2.07. The molecule has 1 amide bonds. The molecule has 0 saturated carbocycles. The van der Waals surface area contributed by atoms with Gasteiger partial charge in [0.1, 0.15) is 0 Å². The van der Waals surface area contributed by atoms with Crippen LogP contribution in [-0.4, -0.2) is 11.1 Å². The highest BCUT2D eigenvalue weighted by Crippen LogP contribution is 2.26. The second-order valence-electron chi connectivity index (χ2n) is 6.88. The van der Waals surface area contributed by atoms with E-state index in [2.05, 4.69) is 20.7 Å². The molecule has 6 nitrogen and oxygen atoms in total. The zero-order valence-electron chi connectivity index (χ0n) is 16.7. The summed E-state index contributed by atoms with van der Waals surface area (Å²) in [7, 11) is 0. The number of hydrogen-bond donors (Lipinski definition) is 1. The van der Waals surface area contributed by atoms with Crippen LogP contribution < -0.4 is 5.32 Å². The van der Waals surface area contributed by atoms with Crippen molar-refractivity contribution in [1.29, 1.82) is 0 Å². The van der Waals surface area contributed by atoms with Gasteiger partial charge >= 0.3 is 0 Å². The Balaban J connectivity index is 1.47. The van der Waals surface area contributed by atoms with Crippen molar-refractivity contribution in [3.05, 3.63) is 95.7 Å². The van der Waals surface area contributed by atoms with Crippen LogP contribution in [0.5, 0.6) is 0 Å². The molecule has 1 aromatic heterocycles. The van der Waals surface area contributed by atoms with Gasteiger partial charge in [0.05, 0.1) is 11.4 Å². The molecule has 148 valence electrons. The summed E-state index contributed by atoms with van der Waals surface area (Å²) in [5.41, 5.74) is 5.23. The Kier molecular flexibility index (Phi) is 5.48. The largest absolute Gasteiger partial charge is 0.355 e. The molecule has 0 aliphatic heterocycles. The average molecular weight is 396 g/mol. The lowest BCUT2D eigenvalue weighted by Crippen LogP contribution is -2.12. The van der Waals surface area contributed by atoms with E-state index in [4.69, 9.17) is 4.52 Å². The van der Waals surface area contributed by atoms with Crippen molar-refractivity contribution in [2.45, 2.75) is 13.8 Å². The number of amides is 1. The summed E-state index contributed by atoms with van der Waals surface area (Å²) in [4.78, 5) is 12.6. The highest BCUT2D eigenvalue weighted by molar-refractivity contribution is 6.03. The third-order valence-electron chi connectivity index (χ3n) is 4.65. The van der Waals surface area contributed by atoms with Crippen LogP contribution in [-0.2, 0) is 0 Å². The Morgan fingerprint density at radius 1 is 0.867 bits per heavy atom. The number of nitrogens with one attached hydrogen (secondary N) is 1. The molecule has 0 aliphatic carbocycles. The number of nitrogens with zero attached hydrogens (tertiary/aromatic N) is 3. The number of anilines is 1. The van der Waals surface area contributed by atoms with Crippen LogP contribution in [0.2, 0.25) is 0 Å². The molecular formula is C24H20N4O2. The Morgan fingerprint density at radius 3 is 2.40 bits per heavy atom. The molecule has 0 unspecified atom stereocenters. The van der Waals surface area contributed by atoms with E-state index in [1.54, 1.807) is 12.1 Å². The van der Waals surface area contributed by atoms with Crippen molar-refractivity contribution in [3.63, 3.8) is 0 Å². The minimum atomic E-state index is -0.335. The van der Waals surface area contributed by atoms with Gasteiger partial charge in [0.25, 0.3) is 5.91 Å². The van der Waals surface area contributed by atoms with Crippen LogP contribution in [0.1, 0.15) is 21.6 Å². The first kappa shape index (κ1) is 19.3. The van der Waals surface area contributed by atoms with E-state index in [9.17, 15) is 4.79 Å². The monoisotopic (exact) mass is 396 g/mol. The summed E-state index contributed by atoms with van der Waals surface area (Å²) in [6.07, 6.45) is 0. The highest BCUT2D eigenvalue weighted by Gasteiger charge is 2.14. The van der Waals surface area contributed by atoms with Crippen LogP contribution in [0.25, 0.3) is 11.3 Å². The Labute approximate surface area is 174 Å². The summed E-state index contributed by atoms with van der Waals surface area (Å²) in [5, 5.41) is 15.4. The molecule has 1 heterocycles. The maximum absolute atomic E-state index is 12.6. The fourth-order valence-electron chi connectivity index (χ4n) is 2.94. The molecule has 0 bridgehead atoms. The lowest BCUT2D eigenvalue weighted by atomic mass is 10.1. The van der Waals surface area contributed by atoms with Gasteiger partial charge in [-0.15, -0.1) is 0 Å². The van der Waals surface area contributed by atoms with Gasteiger partial charge in [-0.05, 0) is 49.2 Å². The number of carbonyl (C=O) groups is 1. The third-order valence-corrected chi connectivity index (χ3v) is 4.65. The lowest BCUT2D eigenvalue weighted by molar-refractivity contribution is 0.101. The van der Waals surface area contributed by atoms with Crippen molar-refractivity contribution in [3.8, 4) is 11.3 Å². The van der Waals surface area contributed by atoms with Gasteiger partial charge in [-0.2, -0.15) is 10.2 Å². The quantitative estimate of drug-likeness (QED) is 0.385. The minimum absolute atomic E-state index is 0.219. The number of carbonyl (C=O) groups excluding carboxylic acids is 1. The molecule has 0 fully saturated rings. The van der Waals surface area contributed by atoms with Gasteiger partial charge in [0.15, 0.2) is 11.5 Å². The molecule has 0 saturated heterocycles. The van der Waals surface area contributed by atoms with Gasteiger partial charge in [-0.3, -0.25) is 4.79 Å². The predicted octanol–water partition coefficient (Wildman–Crippen LogP) is 6.63. The first-order valence-electron chi connectivity index (χ1n) is 9.52. The number of rotatable bonds is 5. The van der Waals surface area contributed by atoms with Crippen LogP contribution in [0.15, 0.2) is 93.6 Å². The van der Waals surface area contributed by atoms with E-state index in [1.807, 2.05) is 80.6 Å². The average Bonchev–Trinajstić information content (AvgIpc) is 3.26. The number of azo groups is 1. The maximum atomic E-state index is 12.6. The van der Waals surface area contributed by atoms with Crippen LogP contribution in [0, 0.1) is 13.8 Å². The summed E-state index contributed by atoms with van der Waals surface area (Å²) in [6, 6.07) is 24.4. The number of hydrogen-bond acceptors (Lipinski definition) is 5. The van der Waals surface area contributed by atoms with E-state index in [0.717, 1.165) is 22.4 Å². The second-order valence-corrected chi connectivity index (χ2v) is 6.88. The topological polar surface area (TPSA) is 79.9 Å². The van der Waals surface area contributed by atoms with E-state index in [0.29, 0.717) is 17.1 Å². The minimum Gasteiger partial charge on any atom is -0.355 e. The first-order valence-corrected chi connectivity index (χ1v) is 9.52. The first-order chi connectivity index (χ1) is 14.6. The molecule has 30 heavy (non-hydrogen) atoms. The molecule has 4 aromatic rings. The Hall–Kier alpha value is -4.06. The van der Waals surface area contributed by atoms with Crippen LogP contribution >= 0.6 is 0 Å². The van der Waals surface area contributed by atoms with Crippen LogP contribution in [0.3, 0.4) is 0 Å². The van der Waals surface area contributed by atoms with Crippen molar-refractivity contribution in [2.75, 3.05) is 5.32 Å². The highest BCUT2D eigenvalue weighted by atomic mass is 16.5. The molecular weight excluding hydrogens is 376 g/mol. The molecule has 0 atom stereocenters. The summed E-state index contributed by atoms with van der Waals surface area (Å²) in [5.74, 6) is 0.211. The van der Waals surface area contributed by atoms with E-state index in [-0.39, 0.29) is 11.6 Å². The van der Waals surface area contributed by atoms with Gasteiger partial charge in [0.2, 0.25) is 0 Å². The van der Waals surface area contributed by atoms with Gasteiger partial charge in [-0.25, -0.2) is 0 Å². The third kappa shape index (κ3) is 4.33. The summed E-state index contributed by atoms with van der Waals surface area (Å²) >= 11 is 0. The van der Waals surface area contributed by atoms with E-state index in [1.165, 1.54) is 0 Å². The molecule has 0 spiro atoms. The Bertz CT molecular complexity index is 1210. The normalized spacial score (nSPS) is 11.0. The van der Waals surface area contributed by atoms with E-state index >= 15 is 0 Å². The predicted molar refractivity (Wildman–Crippen MR) is 116 cm³/mol. The van der Waals surface area contributed by atoms with Crippen molar-refractivity contribution in [2.24, 2.45) is 10.2 Å². The summed E-state index contributed by atoms with van der Waals surface area (Å²) < 4.78 is 5.30. The zero-order valence-corrected chi connectivity index (χ0v) is 16.7. The molecule has 4 rings (SSSR count). The smallest absolute Gasteiger partial charge is 0.277 e. The standard InChI is InChI=1S/C24H20N4O2/c1-16-8-6-7-11-21(16)27-26-19-12-13-20(17(2)14-19)25-24(29)22-15-23(30-28-22)18-9-4-3-5-10-18/h3-15H,1-2H3,(H,25,29). The van der Waals surface area contributed by atoms with Crippen molar-refractivity contribution in [1.82, 2.24) is 5.16 Å². The maximum Gasteiger partial charge on any atom is 0.277 e. The fourth-order valence-corrected chi connectivity index (χ4v) is 2.94. The summed E-state index contributed by atoms with van der Waals surface area (Å²) in [6.45, 7) is 3.89. The molecule has 0 aliphatic rings. The molecule has 3 aromatic carbocycles. The number of benzene rings is 3. The van der Waals surface area contributed by atoms with Gasteiger partial charge < -0.3 is 9.84 Å². The number of aromatic nitrogens is 1. The Morgan fingerprint density at radius 2 is 1.63 bits per heavy atom. The zero-order chi connectivity index (χ0) is 20.9. The van der Waals surface area contributed by atoms with Gasteiger partial charge in [0, 0.05) is 17.3 Å². The SMILES string of the molecule is Cc1ccccc1N=Nc1ccc(NC(=O)c2cc(-c3ccccc3)on2)c(C)c1. The number of aryl methyl sites for hydroxylation is 2. The van der Waals surface area contributed by atoms with Gasteiger partial charge in [-0.1, -0.05) is 53.7 Å². The molecule has 0 radical (unpaired) electrons. The van der Waals surface area contributed by atoms with Crippen LogP contribution in [0.4, 0.5) is 17.1 Å². The molecule has 1 N–H and O–H groups in total. The fraction of sp³-hybridized carbons (Fsp3) is 0.0833. The van der Waals surface area contributed by atoms with Crippen molar-refractivity contribution < 1.29 is 9.32 Å². The molecule has 6 heteroatoms. The van der Waals surface area contributed by atoms with Crippen molar-refractivity contribution >= 4 is 23.0 Å². The second kappa shape index (κ2) is 8.53. The van der Waals surface area contributed by atoms with E-state index < -0.39 is 0 Å².